The molecule has 0 atom stereocenters. The Balaban J connectivity index is 5.20. The maximum absolute atomic E-state index is 12.4. The third kappa shape index (κ3) is 3.64. The highest BCUT2D eigenvalue weighted by Gasteiger charge is 2.46. The van der Waals surface area contributed by atoms with Gasteiger partial charge in [0.15, 0.2) is 0 Å². The molecule has 0 rings (SSSR count). The highest BCUT2D eigenvalue weighted by molar-refractivity contribution is 5.80. The first-order valence-electron chi connectivity index (χ1n) is 3.32. The molecular formula is C7H4F6O2. The summed E-state index contributed by atoms with van der Waals surface area (Å²) in [6.45, 7) is 0. The van der Waals surface area contributed by atoms with Crippen molar-refractivity contribution in [2.75, 3.05) is 0 Å². The van der Waals surface area contributed by atoms with E-state index in [1.165, 1.54) is 0 Å². The number of hydrogen-bond donors (Lipinski definition) is 1. The summed E-state index contributed by atoms with van der Waals surface area (Å²) in [7, 11) is 0. The van der Waals surface area contributed by atoms with E-state index in [9.17, 15) is 31.1 Å². The van der Waals surface area contributed by atoms with Crippen LogP contribution in [0.15, 0.2) is 23.8 Å². The molecule has 0 bridgehead atoms. The number of allylic oxidation sites excluding steroid dienone is 2. The minimum absolute atomic E-state index is 0.0786. The Kier molecular flexibility index (Phi) is 4.38. The van der Waals surface area contributed by atoms with Crippen molar-refractivity contribution < 1.29 is 36.2 Å². The molecule has 0 fully saturated rings. The van der Waals surface area contributed by atoms with Crippen molar-refractivity contribution in [2.45, 2.75) is 12.3 Å². The highest BCUT2D eigenvalue weighted by Crippen LogP contribution is 2.34. The second-order valence-corrected chi connectivity index (χ2v) is 2.27. The summed E-state index contributed by atoms with van der Waals surface area (Å²) < 4.78 is 71.7. The molecule has 0 aromatic rings. The second kappa shape index (κ2) is 4.85. The van der Waals surface area contributed by atoms with Crippen LogP contribution in [-0.2, 0) is 4.79 Å². The van der Waals surface area contributed by atoms with E-state index in [0.29, 0.717) is 0 Å². The molecule has 86 valence electrons. The van der Waals surface area contributed by atoms with Gasteiger partial charge in [-0.3, -0.25) is 0 Å². The van der Waals surface area contributed by atoms with E-state index >= 15 is 0 Å². The molecule has 1 N–H and O–H groups in total. The summed E-state index contributed by atoms with van der Waals surface area (Å²) in [5.41, 5.74) is -2.31. The Morgan fingerprint density at radius 2 is 1.67 bits per heavy atom. The molecule has 0 unspecified atom stereocenters. The van der Waals surface area contributed by atoms with Gasteiger partial charge in [0.25, 0.3) is 6.08 Å². The van der Waals surface area contributed by atoms with Crippen LogP contribution in [0.5, 0.6) is 0 Å². The average Bonchev–Trinajstić information content (AvgIpc) is 2.01. The number of rotatable bonds is 4. The number of halogens is 6. The maximum Gasteiger partial charge on any atom is 0.337 e. The smallest absolute Gasteiger partial charge is 0.337 e. The lowest BCUT2D eigenvalue weighted by atomic mass is 10.1. The largest absolute Gasteiger partial charge is 0.478 e. The summed E-state index contributed by atoms with van der Waals surface area (Å²) >= 11 is 0. The normalized spacial score (nSPS) is 12.2. The first-order valence-corrected chi connectivity index (χ1v) is 3.32. The molecule has 0 aliphatic rings. The molecule has 0 radical (unpaired) electrons. The number of carboxylic acid groups (broad SMARTS) is 1. The molecule has 0 saturated carbocycles. The van der Waals surface area contributed by atoms with Crippen LogP contribution in [0.2, 0.25) is 0 Å². The quantitative estimate of drug-likeness (QED) is 0.461. The zero-order valence-electron chi connectivity index (χ0n) is 6.86. The fraction of sp³-hybridized carbons (Fsp3) is 0.286. The van der Waals surface area contributed by atoms with Gasteiger partial charge in [-0.15, -0.1) is 0 Å². The third-order valence-electron chi connectivity index (χ3n) is 1.23. The van der Waals surface area contributed by atoms with Gasteiger partial charge in [-0.25, -0.2) is 13.6 Å². The summed E-state index contributed by atoms with van der Waals surface area (Å²) in [6.07, 6.45) is -7.74. The maximum atomic E-state index is 12.4. The predicted molar refractivity (Wildman–Crippen MR) is 37.0 cm³/mol. The lowest BCUT2D eigenvalue weighted by molar-refractivity contribution is -0.131. The Bertz CT molecular complexity index is 303. The van der Waals surface area contributed by atoms with E-state index in [4.69, 9.17) is 5.11 Å². The first kappa shape index (κ1) is 13.5. The van der Waals surface area contributed by atoms with Gasteiger partial charge in [0, 0.05) is 6.08 Å². The molecule has 0 aromatic heterocycles. The monoisotopic (exact) mass is 234 g/mol. The fourth-order valence-electron chi connectivity index (χ4n) is 0.572. The molecule has 0 heterocycles. The van der Waals surface area contributed by atoms with E-state index in [0.717, 1.165) is 0 Å². The van der Waals surface area contributed by atoms with Crippen molar-refractivity contribution in [2.24, 2.45) is 0 Å². The van der Waals surface area contributed by atoms with Crippen LogP contribution >= 0.6 is 0 Å². The van der Waals surface area contributed by atoms with Gasteiger partial charge < -0.3 is 5.11 Å². The minimum atomic E-state index is -5.08. The Morgan fingerprint density at radius 3 is 1.93 bits per heavy atom. The lowest BCUT2D eigenvalue weighted by Crippen LogP contribution is -2.28. The van der Waals surface area contributed by atoms with Crippen LogP contribution in [0.3, 0.4) is 0 Å². The van der Waals surface area contributed by atoms with E-state index in [1.807, 2.05) is 0 Å². The van der Waals surface area contributed by atoms with Crippen molar-refractivity contribution in [3.8, 4) is 0 Å². The number of aliphatic carboxylic acids is 1. The molecule has 0 saturated heterocycles. The summed E-state index contributed by atoms with van der Waals surface area (Å²) in [6, 6.07) is 0. The minimum Gasteiger partial charge on any atom is -0.478 e. The van der Waals surface area contributed by atoms with Crippen molar-refractivity contribution in [1.29, 1.82) is 0 Å². The molecule has 8 heteroatoms. The summed E-state index contributed by atoms with van der Waals surface area (Å²) in [5, 5.41) is 7.96. The Hall–Kier alpha value is -1.47. The van der Waals surface area contributed by atoms with Gasteiger partial charge in [-0.1, -0.05) is 0 Å². The van der Waals surface area contributed by atoms with Crippen LogP contribution in [-0.4, -0.2) is 23.4 Å². The number of alkyl halides is 4. The third-order valence-corrected chi connectivity index (χ3v) is 1.23. The molecule has 0 aliphatic carbocycles. The topological polar surface area (TPSA) is 37.3 Å². The summed E-state index contributed by atoms with van der Waals surface area (Å²) in [4.78, 5) is 9.84. The molecule has 15 heavy (non-hydrogen) atoms. The van der Waals surface area contributed by atoms with Gasteiger partial charge in [0.05, 0.1) is 5.57 Å². The lowest BCUT2D eigenvalue weighted by Gasteiger charge is -2.14. The van der Waals surface area contributed by atoms with E-state index in [-0.39, 0.29) is 12.2 Å². The highest BCUT2D eigenvalue weighted by atomic mass is 19.3. The van der Waals surface area contributed by atoms with E-state index in [1.54, 1.807) is 0 Å². The Labute approximate surface area is 79.5 Å². The zero-order chi connectivity index (χ0) is 12.2. The van der Waals surface area contributed by atoms with Crippen LogP contribution in [0, 0.1) is 0 Å². The van der Waals surface area contributed by atoms with Crippen molar-refractivity contribution in [3.63, 3.8) is 0 Å². The first-order chi connectivity index (χ1) is 6.69. The second-order valence-electron chi connectivity index (χ2n) is 2.27. The van der Waals surface area contributed by atoms with Gasteiger partial charge in [-0.2, -0.15) is 17.6 Å². The van der Waals surface area contributed by atoms with Gasteiger partial charge in [0.2, 0.25) is 0 Å². The van der Waals surface area contributed by atoms with Crippen molar-refractivity contribution in [1.82, 2.24) is 0 Å². The predicted octanol–water partition coefficient (Wildman–Crippen LogP) is 2.68. The molecule has 2 nitrogen and oxygen atoms in total. The number of hydrogen-bond acceptors (Lipinski definition) is 1. The van der Waals surface area contributed by atoms with Crippen molar-refractivity contribution in [3.05, 3.63) is 23.8 Å². The SMILES string of the molecule is O=C(O)C=CC(=C(F)F)C(F)(F)C(F)F. The van der Waals surface area contributed by atoms with Crippen molar-refractivity contribution >= 4 is 5.97 Å². The zero-order valence-corrected chi connectivity index (χ0v) is 6.86. The van der Waals surface area contributed by atoms with Crippen LogP contribution in [0.25, 0.3) is 0 Å². The summed E-state index contributed by atoms with van der Waals surface area (Å²) in [5.74, 6) is -6.89. The van der Waals surface area contributed by atoms with Gasteiger partial charge >= 0.3 is 18.3 Å². The number of carbonyl (C=O) groups is 1. The molecule has 0 aromatic carbocycles. The molecule has 0 amide bonds. The Morgan fingerprint density at radius 1 is 1.20 bits per heavy atom. The molecule has 0 aliphatic heterocycles. The van der Waals surface area contributed by atoms with Gasteiger partial charge in [0.1, 0.15) is 0 Å². The standard InChI is InChI=1S/C7H4F6O2/c8-5(9)3(1-2-4(14)15)7(12,13)6(10)11/h1-2,6H,(H,14,15). The van der Waals surface area contributed by atoms with E-state index < -0.39 is 30.0 Å². The number of carboxylic acids is 1. The van der Waals surface area contributed by atoms with Crippen LogP contribution in [0.1, 0.15) is 0 Å². The molecular weight excluding hydrogens is 230 g/mol. The average molecular weight is 234 g/mol. The van der Waals surface area contributed by atoms with Gasteiger partial charge in [-0.05, 0) is 6.08 Å². The van der Waals surface area contributed by atoms with E-state index in [2.05, 4.69) is 0 Å². The molecule has 0 spiro atoms. The fourth-order valence-corrected chi connectivity index (χ4v) is 0.572. The van der Waals surface area contributed by atoms with Crippen LogP contribution < -0.4 is 0 Å². The van der Waals surface area contributed by atoms with Crippen LogP contribution in [0.4, 0.5) is 26.3 Å².